The molecule has 0 aliphatic carbocycles. The highest BCUT2D eigenvalue weighted by molar-refractivity contribution is 7.86. The molecule has 0 spiro atoms. The van der Waals surface area contributed by atoms with Crippen molar-refractivity contribution in [2.45, 2.75) is 32.4 Å². The van der Waals surface area contributed by atoms with Gasteiger partial charge in [0.15, 0.2) is 6.04 Å². The van der Waals surface area contributed by atoms with Gasteiger partial charge in [0.1, 0.15) is 6.10 Å². The fraction of sp³-hybridized carbons (Fsp3) is 0.727. The van der Waals surface area contributed by atoms with Gasteiger partial charge in [-0.1, -0.05) is 0 Å². The van der Waals surface area contributed by atoms with Crippen molar-refractivity contribution in [3.63, 3.8) is 0 Å². The third-order valence-electron chi connectivity index (χ3n) is 2.39. The minimum atomic E-state index is -3.77. The van der Waals surface area contributed by atoms with Crippen molar-refractivity contribution >= 4 is 28.5 Å². The molecule has 0 aromatic rings. The Morgan fingerprint density at radius 3 is 2.43 bits per heavy atom. The van der Waals surface area contributed by atoms with Gasteiger partial charge in [0.05, 0.1) is 25.9 Å². The first-order chi connectivity index (χ1) is 9.77. The predicted molar refractivity (Wildman–Crippen MR) is 70.6 cm³/mol. The Labute approximate surface area is 123 Å². The van der Waals surface area contributed by atoms with Crippen LogP contribution in [0.4, 0.5) is 0 Å². The van der Waals surface area contributed by atoms with Crippen molar-refractivity contribution in [2.24, 2.45) is 0 Å². The monoisotopic (exact) mass is 325 g/mol. The second-order valence-electron chi connectivity index (χ2n) is 3.89. The van der Waals surface area contributed by atoms with Gasteiger partial charge in [0.25, 0.3) is 10.1 Å². The Balaban J connectivity index is 4.53. The molecule has 9 nitrogen and oxygen atoms in total. The largest absolute Gasteiger partial charge is 0.464 e. The first-order valence-corrected chi connectivity index (χ1v) is 7.69. The molecule has 10 heteroatoms. The summed E-state index contributed by atoms with van der Waals surface area (Å²) in [7, 11) is -2.79. The van der Waals surface area contributed by atoms with Crippen LogP contribution in [0.5, 0.6) is 0 Å². The number of hydrogen-bond acceptors (Lipinski definition) is 8. The SMILES string of the molecule is CCOC(=O)C(NC=O)C(C)OC(=O)CCS(=O)(=O)OC. The van der Waals surface area contributed by atoms with E-state index >= 15 is 0 Å². The average molecular weight is 325 g/mol. The summed E-state index contributed by atoms with van der Waals surface area (Å²) in [6.45, 7) is 3.06. The first kappa shape index (κ1) is 19.3. The van der Waals surface area contributed by atoms with E-state index in [1.54, 1.807) is 6.92 Å². The molecule has 0 saturated carbocycles. The Hall–Kier alpha value is -1.68. The van der Waals surface area contributed by atoms with Crippen molar-refractivity contribution in [1.82, 2.24) is 5.32 Å². The Morgan fingerprint density at radius 1 is 1.33 bits per heavy atom. The van der Waals surface area contributed by atoms with Crippen LogP contribution in [-0.2, 0) is 38.2 Å². The number of carbonyl (C=O) groups excluding carboxylic acids is 3. The third kappa shape index (κ3) is 7.61. The highest BCUT2D eigenvalue weighted by Crippen LogP contribution is 2.05. The summed E-state index contributed by atoms with van der Waals surface area (Å²) < 4.78 is 35.9. The summed E-state index contributed by atoms with van der Waals surface area (Å²) in [4.78, 5) is 33.5. The van der Waals surface area contributed by atoms with Crippen molar-refractivity contribution in [1.29, 1.82) is 0 Å². The van der Waals surface area contributed by atoms with E-state index in [9.17, 15) is 22.8 Å². The average Bonchev–Trinajstić information content (AvgIpc) is 2.42. The number of amides is 1. The minimum absolute atomic E-state index is 0.0998. The zero-order valence-corrected chi connectivity index (χ0v) is 12.8. The molecule has 122 valence electrons. The molecule has 1 N–H and O–H groups in total. The van der Waals surface area contributed by atoms with Gasteiger partial charge in [-0.15, -0.1) is 0 Å². The summed E-state index contributed by atoms with van der Waals surface area (Å²) >= 11 is 0. The molecule has 0 aliphatic rings. The van der Waals surface area contributed by atoms with Crippen LogP contribution in [0.3, 0.4) is 0 Å². The second kappa shape index (κ2) is 9.29. The molecule has 0 rings (SSSR count). The first-order valence-electron chi connectivity index (χ1n) is 6.11. The van der Waals surface area contributed by atoms with E-state index in [2.05, 4.69) is 9.50 Å². The van der Waals surface area contributed by atoms with Crippen LogP contribution < -0.4 is 5.32 Å². The van der Waals surface area contributed by atoms with Gasteiger partial charge in [-0.05, 0) is 13.8 Å². The molecule has 2 unspecified atom stereocenters. The molecular weight excluding hydrogens is 306 g/mol. The molecule has 0 bridgehead atoms. The molecule has 0 aromatic heterocycles. The van der Waals surface area contributed by atoms with Gasteiger partial charge >= 0.3 is 11.9 Å². The smallest absolute Gasteiger partial charge is 0.332 e. The van der Waals surface area contributed by atoms with E-state index in [1.807, 2.05) is 0 Å². The maximum atomic E-state index is 11.6. The van der Waals surface area contributed by atoms with Gasteiger partial charge in [-0.25, -0.2) is 4.79 Å². The maximum Gasteiger partial charge on any atom is 0.332 e. The quantitative estimate of drug-likeness (QED) is 0.307. The lowest BCUT2D eigenvalue weighted by Gasteiger charge is -2.21. The summed E-state index contributed by atoms with van der Waals surface area (Å²) in [5.41, 5.74) is 0. The molecule has 0 heterocycles. The van der Waals surface area contributed by atoms with Crippen LogP contribution in [0.2, 0.25) is 0 Å². The van der Waals surface area contributed by atoms with E-state index in [-0.39, 0.29) is 13.0 Å². The van der Waals surface area contributed by atoms with Crippen LogP contribution in [0.1, 0.15) is 20.3 Å². The molecule has 0 radical (unpaired) electrons. The molecule has 0 aromatic carbocycles. The summed E-state index contributed by atoms with van der Waals surface area (Å²) in [5.74, 6) is -2.14. The normalized spacial score (nSPS) is 13.9. The van der Waals surface area contributed by atoms with E-state index in [4.69, 9.17) is 9.47 Å². The number of rotatable bonds is 10. The predicted octanol–water partition coefficient (Wildman–Crippen LogP) is -1.04. The Kier molecular flexibility index (Phi) is 8.55. The summed E-state index contributed by atoms with van der Waals surface area (Å²) in [5, 5.41) is 2.18. The summed E-state index contributed by atoms with van der Waals surface area (Å²) in [6.07, 6.45) is -1.16. The number of esters is 2. The van der Waals surface area contributed by atoms with E-state index in [0.717, 1.165) is 7.11 Å². The number of hydrogen-bond donors (Lipinski definition) is 1. The molecular formula is C11H19NO8S. The van der Waals surface area contributed by atoms with E-state index < -0.39 is 46.4 Å². The van der Waals surface area contributed by atoms with Crippen LogP contribution in [0, 0.1) is 0 Å². The molecule has 2 atom stereocenters. The maximum absolute atomic E-state index is 11.6. The van der Waals surface area contributed by atoms with Crippen LogP contribution >= 0.6 is 0 Å². The van der Waals surface area contributed by atoms with Gasteiger partial charge in [-0.3, -0.25) is 13.8 Å². The second-order valence-corrected chi connectivity index (χ2v) is 5.74. The lowest BCUT2D eigenvalue weighted by Crippen LogP contribution is -2.47. The molecule has 0 aliphatic heterocycles. The third-order valence-corrected chi connectivity index (χ3v) is 3.60. The number of nitrogens with one attached hydrogen (secondary N) is 1. The molecule has 1 amide bonds. The molecule has 21 heavy (non-hydrogen) atoms. The van der Waals surface area contributed by atoms with Gasteiger partial charge in [-0.2, -0.15) is 8.42 Å². The van der Waals surface area contributed by atoms with Crippen LogP contribution in [0.25, 0.3) is 0 Å². The highest BCUT2D eigenvalue weighted by Gasteiger charge is 2.29. The molecule has 0 saturated heterocycles. The fourth-order valence-electron chi connectivity index (χ4n) is 1.33. The van der Waals surface area contributed by atoms with E-state index in [1.165, 1.54) is 6.92 Å². The number of carbonyl (C=O) groups is 3. The van der Waals surface area contributed by atoms with Crippen molar-refractivity contribution in [3.05, 3.63) is 0 Å². The fourth-order valence-corrected chi connectivity index (χ4v) is 1.91. The Bertz CT molecular complexity index is 461. The lowest BCUT2D eigenvalue weighted by atomic mass is 10.2. The number of ether oxygens (including phenoxy) is 2. The topological polar surface area (TPSA) is 125 Å². The Morgan fingerprint density at radius 2 is 1.95 bits per heavy atom. The van der Waals surface area contributed by atoms with Gasteiger partial charge in [0, 0.05) is 0 Å². The molecule has 0 fully saturated rings. The standard InChI is InChI=1S/C11H19NO8S/c1-4-19-11(15)10(12-7-13)8(2)20-9(14)5-6-21(16,17)18-3/h7-8,10H,4-6H2,1-3H3,(H,12,13). The van der Waals surface area contributed by atoms with Gasteiger partial charge in [0.2, 0.25) is 6.41 Å². The van der Waals surface area contributed by atoms with Gasteiger partial charge < -0.3 is 14.8 Å². The zero-order valence-electron chi connectivity index (χ0n) is 12.0. The van der Waals surface area contributed by atoms with Crippen LogP contribution in [0.15, 0.2) is 0 Å². The highest BCUT2D eigenvalue weighted by atomic mass is 32.2. The zero-order chi connectivity index (χ0) is 16.5. The van der Waals surface area contributed by atoms with E-state index in [0.29, 0.717) is 0 Å². The minimum Gasteiger partial charge on any atom is -0.464 e. The van der Waals surface area contributed by atoms with Crippen molar-refractivity contribution < 1.29 is 36.5 Å². The van der Waals surface area contributed by atoms with Crippen molar-refractivity contribution in [2.75, 3.05) is 19.5 Å². The lowest BCUT2D eigenvalue weighted by molar-refractivity contribution is -0.157. The van der Waals surface area contributed by atoms with Crippen molar-refractivity contribution in [3.8, 4) is 0 Å². The summed E-state index contributed by atoms with van der Waals surface area (Å²) in [6, 6.07) is -1.16. The van der Waals surface area contributed by atoms with Crippen LogP contribution in [-0.4, -0.2) is 58.4 Å².